The highest BCUT2D eigenvalue weighted by molar-refractivity contribution is 6.36. The summed E-state index contributed by atoms with van der Waals surface area (Å²) in [5, 5.41) is 2.52. The third-order valence-corrected chi connectivity index (χ3v) is 3.97. The summed E-state index contributed by atoms with van der Waals surface area (Å²) in [6.45, 7) is 0.762. The molecule has 4 rings (SSSR count). The van der Waals surface area contributed by atoms with Gasteiger partial charge >= 0.3 is 0 Å². The van der Waals surface area contributed by atoms with Crippen molar-refractivity contribution >= 4 is 33.5 Å². The molecule has 0 bridgehead atoms. The van der Waals surface area contributed by atoms with Gasteiger partial charge in [0.15, 0.2) is 0 Å². The molecule has 0 aliphatic heterocycles. The third-order valence-electron chi connectivity index (χ3n) is 3.68. The summed E-state index contributed by atoms with van der Waals surface area (Å²) in [5.74, 6) is 0. The van der Waals surface area contributed by atoms with Crippen LogP contribution in [0.15, 0.2) is 60.9 Å². The zero-order valence-corrected chi connectivity index (χ0v) is 12.0. The summed E-state index contributed by atoms with van der Waals surface area (Å²) in [4.78, 5) is 8.56. The third kappa shape index (κ3) is 1.98. The van der Waals surface area contributed by atoms with Crippen LogP contribution in [0, 0.1) is 0 Å². The number of rotatable bonds is 2. The molecule has 0 N–H and O–H groups in total. The van der Waals surface area contributed by atoms with E-state index in [4.69, 9.17) is 11.6 Å². The highest BCUT2D eigenvalue weighted by Crippen LogP contribution is 2.31. The van der Waals surface area contributed by atoms with Crippen molar-refractivity contribution in [2.75, 3.05) is 0 Å². The van der Waals surface area contributed by atoms with Crippen molar-refractivity contribution in [1.82, 2.24) is 14.5 Å². The number of fused-ring (bicyclic) bond motifs is 3. The maximum atomic E-state index is 6.29. The lowest BCUT2D eigenvalue weighted by Crippen LogP contribution is -2.00. The van der Waals surface area contributed by atoms with Crippen LogP contribution in [-0.2, 0) is 6.54 Å². The summed E-state index contributed by atoms with van der Waals surface area (Å²) in [5.41, 5.74) is 3.23. The molecule has 4 aromatic rings. The van der Waals surface area contributed by atoms with E-state index in [1.165, 1.54) is 11.9 Å². The Morgan fingerprint density at radius 1 is 0.905 bits per heavy atom. The molecule has 0 saturated heterocycles. The van der Waals surface area contributed by atoms with Gasteiger partial charge in [0, 0.05) is 11.9 Å². The molecule has 21 heavy (non-hydrogen) atoms. The van der Waals surface area contributed by atoms with Crippen molar-refractivity contribution < 1.29 is 0 Å². The van der Waals surface area contributed by atoms with Crippen LogP contribution in [0.2, 0.25) is 5.15 Å². The molecule has 0 aliphatic carbocycles. The lowest BCUT2D eigenvalue weighted by atomic mass is 10.2. The van der Waals surface area contributed by atoms with Crippen LogP contribution in [0.4, 0.5) is 0 Å². The Balaban J connectivity index is 2.04. The van der Waals surface area contributed by atoms with Gasteiger partial charge in [0.2, 0.25) is 0 Å². The Labute approximate surface area is 126 Å². The molecular formula is C17H12ClN3. The number of halogens is 1. The fourth-order valence-electron chi connectivity index (χ4n) is 2.75. The number of hydrogen-bond acceptors (Lipinski definition) is 2. The van der Waals surface area contributed by atoms with Crippen LogP contribution in [0.1, 0.15) is 5.56 Å². The Kier molecular flexibility index (Phi) is 2.86. The van der Waals surface area contributed by atoms with Crippen molar-refractivity contribution in [3.63, 3.8) is 0 Å². The van der Waals surface area contributed by atoms with Crippen molar-refractivity contribution in [1.29, 1.82) is 0 Å². The van der Waals surface area contributed by atoms with Gasteiger partial charge in [0.1, 0.15) is 17.1 Å². The first kappa shape index (κ1) is 12.4. The van der Waals surface area contributed by atoms with E-state index in [0.717, 1.165) is 28.5 Å². The lowest BCUT2D eigenvalue weighted by Gasteiger charge is -2.06. The summed E-state index contributed by atoms with van der Waals surface area (Å²) in [6, 6.07) is 18.5. The quantitative estimate of drug-likeness (QED) is 0.516. The van der Waals surface area contributed by atoms with E-state index < -0.39 is 0 Å². The first-order valence-corrected chi connectivity index (χ1v) is 7.14. The normalized spacial score (nSPS) is 11.3. The molecule has 0 atom stereocenters. The molecular weight excluding hydrogens is 282 g/mol. The fraction of sp³-hybridized carbons (Fsp3) is 0.0588. The molecule has 0 amide bonds. The summed E-state index contributed by atoms with van der Waals surface area (Å²) < 4.78 is 2.19. The minimum absolute atomic E-state index is 0.503. The number of aromatic nitrogens is 3. The van der Waals surface area contributed by atoms with Crippen LogP contribution < -0.4 is 0 Å². The topological polar surface area (TPSA) is 30.7 Å². The highest BCUT2D eigenvalue weighted by Gasteiger charge is 2.14. The molecule has 0 unspecified atom stereocenters. The van der Waals surface area contributed by atoms with Gasteiger partial charge in [-0.15, -0.1) is 0 Å². The SMILES string of the molecule is Clc1ncnc2c1c1ccccc1n2Cc1ccccc1. The van der Waals surface area contributed by atoms with Crippen LogP contribution >= 0.6 is 11.6 Å². The first-order chi connectivity index (χ1) is 10.3. The molecule has 0 aliphatic rings. The van der Waals surface area contributed by atoms with Gasteiger partial charge < -0.3 is 4.57 Å². The molecule has 0 saturated carbocycles. The fourth-order valence-corrected chi connectivity index (χ4v) is 2.98. The Hall–Kier alpha value is -2.39. The van der Waals surface area contributed by atoms with Gasteiger partial charge in [-0.3, -0.25) is 0 Å². The summed E-state index contributed by atoms with van der Waals surface area (Å²) in [6.07, 6.45) is 1.52. The average Bonchev–Trinajstić information content (AvgIpc) is 2.84. The number of para-hydroxylation sites is 1. The number of hydrogen-bond donors (Lipinski definition) is 0. The Morgan fingerprint density at radius 2 is 1.67 bits per heavy atom. The van der Waals surface area contributed by atoms with Gasteiger partial charge in [-0.1, -0.05) is 60.1 Å². The van der Waals surface area contributed by atoms with Crippen LogP contribution in [0.3, 0.4) is 0 Å². The van der Waals surface area contributed by atoms with Crippen LogP contribution in [0.5, 0.6) is 0 Å². The smallest absolute Gasteiger partial charge is 0.146 e. The second kappa shape index (κ2) is 4.86. The highest BCUT2D eigenvalue weighted by atomic mass is 35.5. The maximum absolute atomic E-state index is 6.29. The van der Waals surface area contributed by atoms with Crippen molar-refractivity contribution in [3.05, 3.63) is 71.6 Å². The Morgan fingerprint density at radius 3 is 2.52 bits per heavy atom. The van der Waals surface area contributed by atoms with E-state index in [-0.39, 0.29) is 0 Å². The second-order valence-electron chi connectivity index (χ2n) is 4.95. The van der Waals surface area contributed by atoms with Crippen LogP contribution in [-0.4, -0.2) is 14.5 Å². The predicted molar refractivity (Wildman–Crippen MR) is 85.6 cm³/mol. The Bertz CT molecular complexity index is 929. The largest absolute Gasteiger partial charge is 0.321 e. The predicted octanol–water partition coefficient (Wildman–Crippen LogP) is 4.29. The maximum Gasteiger partial charge on any atom is 0.146 e. The first-order valence-electron chi connectivity index (χ1n) is 6.76. The van der Waals surface area contributed by atoms with Crippen molar-refractivity contribution in [2.24, 2.45) is 0 Å². The van der Waals surface area contributed by atoms with Crippen LogP contribution in [0.25, 0.3) is 21.9 Å². The molecule has 0 fully saturated rings. The van der Waals surface area contributed by atoms with Gasteiger partial charge in [-0.05, 0) is 11.6 Å². The van der Waals surface area contributed by atoms with E-state index in [9.17, 15) is 0 Å². The zero-order valence-electron chi connectivity index (χ0n) is 11.2. The molecule has 0 radical (unpaired) electrons. The van der Waals surface area contributed by atoms with Gasteiger partial charge in [0.05, 0.1) is 10.9 Å². The van der Waals surface area contributed by atoms with Gasteiger partial charge in [0.25, 0.3) is 0 Å². The average molecular weight is 294 g/mol. The van der Waals surface area contributed by atoms with Crippen molar-refractivity contribution in [3.8, 4) is 0 Å². The summed E-state index contributed by atoms with van der Waals surface area (Å²) >= 11 is 6.29. The minimum atomic E-state index is 0.503. The standard InChI is InChI=1S/C17H12ClN3/c18-16-15-13-8-4-5-9-14(13)21(17(15)20-11-19-16)10-12-6-2-1-3-7-12/h1-9,11H,10H2. The molecule has 3 nitrogen and oxygen atoms in total. The molecule has 4 heteroatoms. The monoisotopic (exact) mass is 293 g/mol. The van der Waals surface area contributed by atoms with Gasteiger partial charge in [-0.2, -0.15) is 0 Å². The minimum Gasteiger partial charge on any atom is -0.321 e. The van der Waals surface area contributed by atoms with E-state index in [0.29, 0.717) is 5.15 Å². The number of nitrogens with zero attached hydrogens (tertiary/aromatic N) is 3. The van der Waals surface area contributed by atoms with E-state index >= 15 is 0 Å². The molecule has 2 heterocycles. The van der Waals surface area contributed by atoms with E-state index in [1.54, 1.807) is 0 Å². The van der Waals surface area contributed by atoms with Gasteiger partial charge in [-0.25, -0.2) is 9.97 Å². The lowest BCUT2D eigenvalue weighted by molar-refractivity contribution is 0.854. The second-order valence-corrected chi connectivity index (χ2v) is 5.31. The number of benzene rings is 2. The zero-order chi connectivity index (χ0) is 14.2. The van der Waals surface area contributed by atoms with Crippen molar-refractivity contribution in [2.45, 2.75) is 6.54 Å². The van der Waals surface area contributed by atoms with E-state index in [2.05, 4.69) is 38.8 Å². The van der Waals surface area contributed by atoms with E-state index in [1.807, 2.05) is 30.3 Å². The summed E-state index contributed by atoms with van der Waals surface area (Å²) in [7, 11) is 0. The molecule has 102 valence electrons. The molecule has 2 aromatic carbocycles. The molecule has 2 aromatic heterocycles. The molecule has 0 spiro atoms.